The number of aryl methyl sites for hydroxylation is 1. The first-order valence-corrected chi connectivity index (χ1v) is 6.84. The maximum Gasteiger partial charge on any atom is 0.416 e. The van der Waals surface area contributed by atoms with E-state index >= 15 is 0 Å². The van der Waals surface area contributed by atoms with Gasteiger partial charge in [0.05, 0.1) is 11.1 Å². The van der Waals surface area contributed by atoms with Gasteiger partial charge in [-0.25, -0.2) is 4.98 Å². The zero-order valence-electron chi connectivity index (χ0n) is 12.0. The third kappa shape index (κ3) is 2.71. The van der Waals surface area contributed by atoms with Gasteiger partial charge in [-0.2, -0.15) is 13.2 Å². The van der Waals surface area contributed by atoms with E-state index in [-0.39, 0.29) is 29.2 Å². The molecule has 0 fully saturated rings. The Morgan fingerprint density at radius 3 is 2.61 bits per heavy atom. The van der Waals surface area contributed by atoms with Gasteiger partial charge in [-0.1, -0.05) is 18.2 Å². The Morgan fingerprint density at radius 2 is 1.91 bits per heavy atom. The molecule has 5 nitrogen and oxygen atoms in total. The Kier molecular flexibility index (Phi) is 3.46. The van der Waals surface area contributed by atoms with Gasteiger partial charge in [0.2, 0.25) is 5.91 Å². The van der Waals surface area contributed by atoms with Gasteiger partial charge in [0.25, 0.3) is 5.56 Å². The predicted octanol–water partition coefficient (Wildman–Crippen LogP) is 2.57. The quantitative estimate of drug-likeness (QED) is 0.847. The molecule has 1 atom stereocenters. The lowest BCUT2D eigenvalue weighted by atomic mass is 9.84. The highest BCUT2D eigenvalue weighted by molar-refractivity contribution is 5.94. The smallest absolute Gasteiger partial charge is 0.310 e. The molecular formula is C15H12F3N3O2. The van der Waals surface area contributed by atoms with Crippen LogP contribution in [0.3, 0.4) is 0 Å². The number of rotatable bonds is 1. The second-order valence-corrected chi connectivity index (χ2v) is 5.30. The van der Waals surface area contributed by atoms with Crippen molar-refractivity contribution in [3.05, 3.63) is 57.1 Å². The summed E-state index contributed by atoms with van der Waals surface area (Å²) in [6, 6.07) is 4.95. The number of nitrogens with zero attached hydrogens (tertiary/aromatic N) is 1. The van der Waals surface area contributed by atoms with Crippen LogP contribution >= 0.6 is 0 Å². The monoisotopic (exact) mass is 323 g/mol. The molecule has 1 aliphatic heterocycles. The molecular weight excluding hydrogens is 311 g/mol. The molecule has 2 aromatic rings. The van der Waals surface area contributed by atoms with Crippen molar-refractivity contribution in [2.75, 3.05) is 5.32 Å². The van der Waals surface area contributed by atoms with Crippen LogP contribution in [0.4, 0.5) is 19.0 Å². The summed E-state index contributed by atoms with van der Waals surface area (Å²) in [5, 5.41) is 2.45. The highest BCUT2D eigenvalue weighted by atomic mass is 19.4. The van der Waals surface area contributed by atoms with E-state index in [0.29, 0.717) is 0 Å². The highest BCUT2D eigenvalue weighted by Crippen LogP contribution is 2.40. The van der Waals surface area contributed by atoms with E-state index in [1.54, 1.807) is 0 Å². The lowest BCUT2D eigenvalue weighted by molar-refractivity contribution is -0.138. The van der Waals surface area contributed by atoms with Gasteiger partial charge in [0.1, 0.15) is 11.6 Å². The fraction of sp³-hybridized carbons (Fsp3) is 0.267. The van der Waals surface area contributed by atoms with Crippen molar-refractivity contribution >= 4 is 11.7 Å². The van der Waals surface area contributed by atoms with Crippen molar-refractivity contribution in [3.8, 4) is 0 Å². The molecule has 2 heterocycles. The van der Waals surface area contributed by atoms with E-state index in [9.17, 15) is 22.8 Å². The van der Waals surface area contributed by atoms with Crippen LogP contribution in [0.1, 0.15) is 34.9 Å². The molecule has 1 amide bonds. The van der Waals surface area contributed by atoms with Crippen molar-refractivity contribution in [1.82, 2.24) is 9.97 Å². The molecule has 0 aliphatic carbocycles. The number of H-pyrrole nitrogens is 1. The van der Waals surface area contributed by atoms with Gasteiger partial charge >= 0.3 is 6.18 Å². The SMILES string of the molecule is Cc1nc2c(c(=O)[nH]1)[C@H](c1ccccc1C(F)(F)F)CC(=O)N2. The third-order valence-electron chi connectivity index (χ3n) is 3.71. The molecule has 0 bridgehead atoms. The normalized spacial score (nSPS) is 17.6. The van der Waals surface area contributed by atoms with E-state index in [1.165, 1.54) is 25.1 Å². The fourth-order valence-corrected chi connectivity index (χ4v) is 2.81. The first-order valence-electron chi connectivity index (χ1n) is 6.84. The zero-order chi connectivity index (χ0) is 16.8. The van der Waals surface area contributed by atoms with Crippen LogP contribution in [0.5, 0.6) is 0 Å². The third-order valence-corrected chi connectivity index (χ3v) is 3.71. The number of hydrogen-bond donors (Lipinski definition) is 2. The number of benzene rings is 1. The number of aromatic amines is 1. The van der Waals surface area contributed by atoms with Crippen molar-refractivity contribution < 1.29 is 18.0 Å². The van der Waals surface area contributed by atoms with Gasteiger partial charge in [-0.15, -0.1) is 0 Å². The number of aromatic nitrogens is 2. The molecule has 8 heteroatoms. The first-order chi connectivity index (χ1) is 10.8. The van der Waals surface area contributed by atoms with E-state index in [4.69, 9.17) is 0 Å². The predicted molar refractivity (Wildman–Crippen MR) is 76.1 cm³/mol. The minimum atomic E-state index is -4.57. The van der Waals surface area contributed by atoms with Crippen molar-refractivity contribution in [2.45, 2.75) is 25.4 Å². The molecule has 120 valence electrons. The number of halogens is 3. The molecule has 0 saturated carbocycles. The maximum absolute atomic E-state index is 13.2. The number of hydrogen-bond acceptors (Lipinski definition) is 3. The molecule has 0 radical (unpaired) electrons. The minimum absolute atomic E-state index is 0.0180. The van der Waals surface area contributed by atoms with Crippen molar-refractivity contribution in [2.24, 2.45) is 0 Å². The second-order valence-electron chi connectivity index (χ2n) is 5.30. The van der Waals surface area contributed by atoms with Crippen LogP contribution in [-0.4, -0.2) is 15.9 Å². The Morgan fingerprint density at radius 1 is 1.22 bits per heavy atom. The van der Waals surface area contributed by atoms with Gasteiger partial charge in [-0.3, -0.25) is 9.59 Å². The number of carbonyl (C=O) groups excluding carboxylic acids is 1. The van der Waals surface area contributed by atoms with E-state index in [0.717, 1.165) is 6.07 Å². The first kappa shape index (κ1) is 15.3. The van der Waals surface area contributed by atoms with Crippen molar-refractivity contribution in [1.29, 1.82) is 0 Å². The summed E-state index contributed by atoms with van der Waals surface area (Å²) in [4.78, 5) is 30.6. The molecule has 3 rings (SSSR count). The highest BCUT2D eigenvalue weighted by Gasteiger charge is 2.38. The van der Waals surface area contributed by atoms with Crippen LogP contribution in [0.2, 0.25) is 0 Å². The summed E-state index contributed by atoms with van der Waals surface area (Å²) in [5.74, 6) is -1.17. The number of nitrogens with one attached hydrogen (secondary N) is 2. The van der Waals surface area contributed by atoms with Crippen LogP contribution in [0.15, 0.2) is 29.1 Å². The molecule has 23 heavy (non-hydrogen) atoms. The summed E-state index contributed by atoms with van der Waals surface area (Å²) >= 11 is 0. The molecule has 1 aromatic carbocycles. The van der Waals surface area contributed by atoms with Crippen LogP contribution in [0.25, 0.3) is 0 Å². The number of carbonyl (C=O) groups is 1. The summed E-state index contributed by atoms with van der Waals surface area (Å²) in [6.07, 6.45) is -4.82. The number of alkyl halides is 3. The standard InChI is InChI=1S/C15H12F3N3O2/c1-7-19-13-12(14(23)20-7)9(6-11(22)21-13)8-4-2-3-5-10(8)15(16,17)18/h2-5,9H,6H2,1H3,(H2,19,20,21,22,23)/t9-/m0/s1. The van der Waals surface area contributed by atoms with Gasteiger partial charge in [-0.05, 0) is 18.6 Å². The fourth-order valence-electron chi connectivity index (χ4n) is 2.81. The zero-order valence-corrected chi connectivity index (χ0v) is 12.0. The molecule has 0 saturated heterocycles. The summed E-state index contributed by atoms with van der Waals surface area (Å²) in [6.45, 7) is 1.53. The maximum atomic E-state index is 13.2. The summed E-state index contributed by atoms with van der Waals surface area (Å²) in [7, 11) is 0. The average molecular weight is 323 g/mol. The van der Waals surface area contributed by atoms with Crippen LogP contribution in [0, 0.1) is 6.92 Å². The van der Waals surface area contributed by atoms with E-state index in [1.807, 2.05) is 0 Å². The van der Waals surface area contributed by atoms with Gasteiger partial charge in [0.15, 0.2) is 0 Å². The largest absolute Gasteiger partial charge is 0.416 e. The Balaban J connectivity index is 2.24. The molecule has 2 N–H and O–H groups in total. The average Bonchev–Trinajstić information content (AvgIpc) is 2.44. The van der Waals surface area contributed by atoms with Gasteiger partial charge < -0.3 is 10.3 Å². The Hall–Kier alpha value is -2.64. The lowest BCUT2D eigenvalue weighted by Crippen LogP contribution is -2.32. The van der Waals surface area contributed by atoms with Crippen LogP contribution < -0.4 is 10.9 Å². The number of anilines is 1. The Labute approximate surface area is 128 Å². The van der Waals surface area contributed by atoms with E-state index in [2.05, 4.69) is 15.3 Å². The van der Waals surface area contributed by atoms with E-state index < -0.39 is 29.1 Å². The number of fused-ring (bicyclic) bond motifs is 1. The second kappa shape index (κ2) is 5.22. The van der Waals surface area contributed by atoms with Gasteiger partial charge in [0, 0.05) is 12.3 Å². The topological polar surface area (TPSA) is 74.8 Å². The molecule has 0 unspecified atom stereocenters. The molecule has 1 aliphatic rings. The summed E-state index contributed by atoms with van der Waals surface area (Å²) < 4.78 is 39.7. The lowest BCUT2D eigenvalue weighted by Gasteiger charge is -2.26. The molecule has 0 spiro atoms. The summed E-state index contributed by atoms with van der Waals surface area (Å²) in [5.41, 5.74) is -1.46. The number of amides is 1. The van der Waals surface area contributed by atoms with Crippen molar-refractivity contribution in [3.63, 3.8) is 0 Å². The minimum Gasteiger partial charge on any atom is -0.310 e. The van der Waals surface area contributed by atoms with Crippen LogP contribution in [-0.2, 0) is 11.0 Å². The Bertz CT molecular complexity index is 843. The molecule has 1 aromatic heterocycles.